The minimum absolute atomic E-state index is 0.0380. The Balaban J connectivity index is 1.59. The van der Waals surface area contributed by atoms with Gasteiger partial charge in [-0.1, -0.05) is 6.07 Å². The molecule has 4 heteroatoms. The lowest BCUT2D eigenvalue weighted by molar-refractivity contribution is -0.00923. The highest BCUT2D eigenvalue weighted by Gasteiger charge is 2.28. The third kappa shape index (κ3) is 3.33. The standard InChI is InChI=1S/C18H26N2O2/c1-18(2,20-8-10-22-11-9-20)13-19-17(21)16-7-6-14-4-3-5-15(14)12-16/h6-7,12H,3-5,8-11,13H2,1-2H3,(H,19,21). The molecule has 1 aromatic carbocycles. The van der Waals surface area contributed by atoms with Crippen LogP contribution >= 0.6 is 0 Å². The predicted molar refractivity (Wildman–Crippen MR) is 87.3 cm³/mol. The fraction of sp³-hybridized carbons (Fsp3) is 0.611. The number of fused-ring (bicyclic) bond motifs is 1. The van der Waals surface area contributed by atoms with Crippen molar-refractivity contribution in [2.24, 2.45) is 0 Å². The quantitative estimate of drug-likeness (QED) is 0.925. The molecule has 2 aliphatic rings. The number of nitrogens with one attached hydrogen (secondary N) is 1. The Labute approximate surface area is 132 Å². The number of carbonyl (C=O) groups is 1. The van der Waals surface area contributed by atoms with Crippen molar-refractivity contribution in [1.29, 1.82) is 0 Å². The summed E-state index contributed by atoms with van der Waals surface area (Å²) in [5.74, 6) is 0.0380. The Hall–Kier alpha value is -1.39. The Morgan fingerprint density at radius 3 is 2.73 bits per heavy atom. The number of morpholine rings is 1. The molecule has 1 heterocycles. The summed E-state index contributed by atoms with van der Waals surface area (Å²) in [6.45, 7) is 8.44. The minimum Gasteiger partial charge on any atom is -0.379 e. The molecular formula is C18H26N2O2. The van der Waals surface area contributed by atoms with Crippen molar-refractivity contribution in [1.82, 2.24) is 10.2 Å². The van der Waals surface area contributed by atoms with Gasteiger partial charge in [-0.2, -0.15) is 0 Å². The van der Waals surface area contributed by atoms with Crippen molar-refractivity contribution in [3.63, 3.8) is 0 Å². The summed E-state index contributed by atoms with van der Waals surface area (Å²) in [6.07, 6.45) is 3.47. The minimum atomic E-state index is -0.0455. The smallest absolute Gasteiger partial charge is 0.251 e. The van der Waals surface area contributed by atoms with E-state index in [1.54, 1.807) is 0 Å². The van der Waals surface area contributed by atoms with Crippen molar-refractivity contribution in [3.05, 3.63) is 34.9 Å². The lowest BCUT2D eigenvalue weighted by atomic mass is 10.0. The van der Waals surface area contributed by atoms with Crippen LogP contribution < -0.4 is 5.32 Å². The van der Waals surface area contributed by atoms with Gasteiger partial charge in [-0.3, -0.25) is 9.69 Å². The van der Waals surface area contributed by atoms with E-state index in [1.165, 1.54) is 17.5 Å². The first kappa shape index (κ1) is 15.5. The van der Waals surface area contributed by atoms with Gasteiger partial charge in [0, 0.05) is 30.7 Å². The first-order valence-corrected chi connectivity index (χ1v) is 8.29. The van der Waals surface area contributed by atoms with Gasteiger partial charge < -0.3 is 10.1 Å². The van der Waals surface area contributed by atoms with Crippen LogP contribution in [0.4, 0.5) is 0 Å². The van der Waals surface area contributed by atoms with Crippen LogP contribution in [0.25, 0.3) is 0 Å². The first-order chi connectivity index (χ1) is 10.6. The van der Waals surface area contributed by atoms with E-state index in [0.29, 0.717) is 6.54 Å². The summed E-state index contributed by atoms with van der Waals surface area (Å²) in [6, 6.07) is 6.14. The SMILES string of the molecule is CC(C)(CNC(=O)c1ccc2c(c1)CCC2)N1CCOCC1. The van der Waals surface area contributed by atoms with Gasteiger partial charge in [0.05, 0.1) is 13.2 Å². The topological polar surface area (TPSA) is 41.6 Å². The molecule has 0 unspecified atom stereocenters. The highest BCUT2D eigenvalue weighted by molar-refractivity contribution is 5.94. The number of ether oxygens (including phenoxy) is 1. The molecule has 1 amide bonds. The molecule has 0 atom stereocenters. The van der Waals surface area contributed by atoms with Crippen LogP contribution in [0.15, 0.2) is 18.2 Å². The lowest BCUT2D eigenvalue weighted by Crippen LogP contribution is -2.55. The molecule has 1 aliphatic carbocycles. The zero-order chi connectivity index (χ0) is 15.6. The van der Waals surface area contributed by atoms with Gasteiger partial charge in [0.15, 0.2) is 0 Å². The highest BCUT2D eigenvalue weighted by atomic mass is 16.5. The van der Waals surface area contributed by atoms with Crippen molar-refractivity contribution >= 4 is 5.91 Å². The fourth-order valence-corrected chi connectivity index (χ4v) is 3.39. The molecule has 1 fully saturated rings. The molecule has 0 radical (unpaired) electrons. The number of benzene rings is 1. The zero-order valence-electron chi connectivity index (χ0n) is 13.7. The highest BCUT2D eigenvalue weighted by Crippen LogP contribution is 2.23. The molecule has 1 saturated heterocycles. The van der Waals surface area contributed by atoms with Crippen LogP contribution in [-0.2, 0) is 17.6 Å². The van der Waals surface area contributed by atoms with Crippen molar-refractivity contribution < 1.29 is 9.53 Å². The van der Waals surface area contributed by atoms with E-state index in [-0.39, 0.29) is 11.4 Å². The van der Waals surface area contributed by atoms with Gasteiger partial charge in [-0.15, -0.1) is 0 Å². The largest absolute Gasteiger partial charge is 0.379 e. The Kier molecular flexibility index (Phi) is 4.50. The summed E-state index contributed by atoms with van der Waals surface area (Å²) in [7, 11) is 0. The van der Waals surface area contributed by atoms with Gasteiger partial charge in [-0.25, -0.2) is 0 Å². The first-order valence-electron chi connectivity index (χ1n) is 8.29. The van der Waals surface area contributed by atoms with Gasteiger partial charge >= 0.3 is 0 Å². The van der Waals surface area contributed by atoms with Gasteiger partial charge in [0.25, 0.3) is 5.91 Å². The van der Waals surface area contributed by atoms with E-state index in [2.05, 4.69) is 36.2 Å². The molecule has 0 aromatic heterocycles. The second-order valence-electron chi connectivity index (χ2n) is 6.93. The van der Waals surface area contributed by atoms with Crippen LogP contribution in [0.2, 0.25) is 0 Å². The van der Waals surface area contributed by atoms with E-state index in [4.69, 9.17) is 4.74 Å². The molecule has 4 nitrogen and oxygen atoms in total. The van der Waals surface area contributed by atoms with Gasteiger partial charge in [0.1, 0.15) is 0 Å². The molecule has 120 valence electrons. The third-order valence-corrected chi connectivity index (χ3v) is 4.91. The second-order valence-corrected chi connectivity index (χ2v) is 6.93. The maximum atomic E-state index is 12.4. The molecule has 0 saturated carbocycles. The lowest BCUT2D eigenvalue weighted by Gasteiger charge is -2.40. The number of carbonyl (C=O) groups excluding carboxylic acids is 1. The summed E-state index contributed by atoms with van der Waals surface area (Å²) in [5, 5.41) is 3.11. The maximum Gasteiger partial charge on any atom is 0.251 e. The van der Waals surface area contributed by atoms with Crippen molar-refractivity contribution in [2.75, 3.05) is 32.8 Å². The molecule has 22 heavy (non-hydrogen) atoms. The van der Waals surface area contributed by atoms with Crippen LogP contribution in [0.1, 0.15) is 41.8 Å². The number of rotatable bonds is 4. The monoisotopic (exact) mass is 302 g/mol. The maximum absolute atomic E-state index is 12.4. The normalized spacial score (nSPS) is 19.0. The average Bonchev–Trinajstić information content (AvgIpc) is 3.01. The molecule has 3 rings (SSSR count). The summed E-state index contributed by atoms with van der Waals surface area (Å²) in [5.41, 5.74) is 3.50. The van der Waals surface area contributed by atoms with E-state index < -0.39 is 0 Å². The molecular weight excluding hydrogens is 276 g/mol. The number of aryl methyl sites for hydroxylation is 2. The van der Waals surface area contributed by atoms with E-state index in [9.17, 15) is 4.79 Å². The molecule has 1 aliphatic heterocycles. The fourth-order valence-electron chi connectivity index (χ4n) is 3.39. The Morgan fingerprint density at radius 1 is 1.23 bits per heavy atom. The van der Waals surface area contributed by atoms with Crippen LogP contribution in [0, 0.1) is 0 Å². The van der Waals surface area contributed by atoms with E-state index in [1.807, 2.05) is 6.07 Å². The molecule has 1 N–H and O–H groups in total. The Bertz CT molecular complexity index is 548. The predicted octanol–water partition coefficient (Wildman–Crippen LogP) is 2.02. The number of hydrogen-bond donors (Lipinski definition) is 1. The van der Waals surface area contributed by atoms with Crippen LogP contribution in [0.3, 0.4) is 0 Å². The van der Waals surface area contributed by atoms with Gasteiger partial charge in [-0.05, 0) is 56.4 Å². The van der Waals surface area contributed by atoms with E-state index in [0.717, 1.165) is 44.7 Å². The number of nitrogens with zero attached hydrogens (tertiary/aromatic N) is 1. The summed E-state index contributed by atoms with van der Waals surface area (Å²) >= 11 is 0. The molecule has 0 bridgehead atoms. The Morgan fingerprint density at radius 2 is 1.95 bits per heavy atom. The van der Waals surface area contributed by atoms with Crippen molar-refractivity contribution in [2.45, 2.75) is 38.6 Å². The number of hydrogen-bond acceptors (Lipinski definition) is 3. The molecule has 0 spiro atoms. The summed E-state index contributed by atoms with van der Waals surface area (Å²) < 4.78 is 5.40. The summed E-state index contributed by atoms with van der Waals surface area (Å²) in [4.78, 5) is 14.8. The van der Waals surface area contributed by atoms with E-state index >= 15 is 0 Å². The zero-order valence-corrected chi connectivity index (χ0v) is 13.7. The van der Waals surface area contributed by atoms with Crippen LogP contribution in [0.5, 0.6) is 0 Å². The van der Waals surface area contributed by atoms with Gasteiger partial charge in [0.2, 0.25) is 0 Å². The number of amides is 1. The average molecular weight is 302 g/mol. The second kappa shape index (κ2) is 6.39. The van der Waals surface area contributed by atoms with Crippen LogP contribution in [-0.4, -0.2) is 49.2 Å². The third-order valence-electron chi connectivity index (χ3n) is 4.91. The van der Waals surface area contributed by atoms with Crippen molar-refractivity contribution in [3.8, 4) is 0 Å². The molecule has 1 aromatic rings.